The molecule has 2 N–H and O–H groups in total. The number of carbonyl (C=O) groups excluding carboxylic acids is 3. The number of nitrogens with zero attached hydrogens (tertiary/aromatic N) is 2. The number of thioether (sulfide) groups is 2. The highest BCUT2D eigenvalue weighted by Gasteiger charge is 2.36. The van der Waals surface area contributed by atoms with Crippen LogP contribution < -0.4 is 15.2 Å². The summed E-state index contributed by atoms with van der Waals surface area (Å²) >= 11 is 3.79. The van der Waals surface area contributed by atoms with Crippen LogP contribution in [0.4, 0.5) is 5.69 Å². The van der Waals surface area contributed by atoms with Crippen LogP contribution in [0.5, 0.6) is 11.5 Å². The van der Waals surface area contributed by atoms with Gasteiger partial charge in [0.05, 0.1) is 29.9 Å². The van der Waals surface area contributed by atoms with Crippen molar-refractivity contribution in [3.63, 3.8) is 0 Å². The second-order valence-electron chi connectivity index (χ2n) is 10.3. The zero-order chi connectivity index (χ0) is 29.8. The first-order chi connectivity index (χ1) is 20.4. The first-order valence-electron chi connectivity index (χ1n) is 14.4. The molecule has 0 unspecified atom stereocenters. The highest BCUT2D eigenvalue weighted by molar-refractivity contribution is 8.17. The van der Waals surface area contributed by atoms with Gasteiger partial charge in [0.25, 0.3) is 17.7 Å². The van der Waals surface area contributed by atoms with Crippen molar-refractivity contribution in [1.82, 2.24) is 9.80 Å². The van der Waals surface area contributed by atoms with Gasteiger partial charge in [-0.2, -0.15) is 0 Å². The van der Waals surface area contributed by atoms with Crippen LogP contribution in [0.1, 0.15) is 64.2 Å². The third kappa shape index (κ3) is 5.79. The Hall–Kier alpha value is -3.37. The molecular weight excluding hydrogens is 571 g/mol. The van der Waals surface area contributed by atoms with Crippen LogP contribution in [-0.4, -0.2) is 76.5 Å². The van der Waals surface area contributed by atoms with E-state index in [4.69, 9.17) is 15.2 Å². The molecule has 5 rings (SSSR count). The van der Waals surface area contributed by atoms with Crippen LogP contribution in [0.15, 0.2) is 48.5 Å². The molecule has 222 valence electrons. The van der Waals surface area contributed by atoms with Gasteiger partial charge in [0.1, 0.15) is 0 Å². The third-order valence-electron chi connectivity index (χ3n) is 7.74. The molecule has 3 aromatic carbocycles. The number of benzene rings is 3. The molecule has 1 saturated heterocycles. The molecule has 10 heteroatoms. The number of amides is 3. The lowest BCUT2D eigenvalue weighted by Gasteiger charge is -2.31. The summed E-state index contributed by atoms with van der Waals surface area (Å²) in [5.41, 5.74) is 8.20. The molecule has 42 heavy (non-hydrogen) atoms. The summed E-state index contributed by atoms with van der Waals surface area (Å²) in [5, 5.41) is 1.59. The summed E-state index contributed by atoms with van der Waals surface area (Å²) in [5.74, 6) is 2.14. The van der Waals surface area contributed by atoms with E-state index in [1.54, 1.807) is 24.3 Å². The number of nitrogens with two attached hydrogens (primary N) is 1. The Morgan fingerprint density at radius 2 is 1.69 bits per heavy atom. The first kappa shape index (κ1) is 30.1. The van der Waals surface area contributed by atoms with Crippen molar-refractivity contribution in [1.29, 1.82) is 0 Å². The molecule has 0 radical (unpaired) electrons. The van der Waals surface area contributed by atoms with Crippen molar-refractivity contribution in [2.24, 2.45) is 0 Å². The lowest BCUT2D eigenvalue weighted by Crippen LogP contribution is -2.41. The predicted octanol–water partition coefficient (Wildman–Crippen LogP) is 5.93. The van der Waals surface area contributed by atoms with E-state index in [2.05, 4.69) is 13.8 Å². The van der Waals surface area contributed by atoms with E-state index in [9.17, 15) is 14.4 Å². The van der Waals surface area contributed by atoms with Gasteiger partial charge in [-0.1, -0.05) is 38.1 Å². The SMILES string of the molecule is CCSC(SCC)[C@@H]1CCCN1C(=O)c1cc(OC)c(OCCCN2C(=O)c3cccc4cccc(c34)C2=O)cc1N. The number of ether oxygens (including phenoxy) is 2. The van der Waals surface area contributed by atoms with Gasteiger partial charge in [0.2, 0.25) is 0 Å². The summed E-state index contributed by atoms with van der Waals surface area (Å²) in [6.07, 6.45) is 2.38. The zero-order valence-corrected chi connectivity index (χ0v) is 25.9. The Balaban J connectivity index is 1.25. The van der Waals surface area contributed by atoms with Crippen molar-refractivity contribution in [2.75, 3.05) is 44.0 Å². The van der Waals surface area contributed by atoms with Crippen molar-refractivity contribution in [3.05, 3.63) is 65.2 Å². The normalized spacial score (nSPS) is 16.5. The van der Waals surface area contributed by atoms with Crippen molar-refractivity contribution in [2.45, 2.75) is 43.7 Å². The summed E-state index contributed by atoms with van der Waals surface area (Å²) in [7, 11) is 1.53. The Bertz CT molecular complexity index is 1440. The molecule has 1 atom stereocenters. The quantitative estimate of drug-likeness (QED) is 0.117. The van der Waals surface area contributed by atoms with Crippen LogP contribution in [0.2, 0.25) is 0 Å². The summed E-state index contributed by atoms with van der Waals surface area (Å²) < 4.78 is 11.9. The molecular formula is C32H37N3O5S2. The minimum atomic E-state index is -0.300. The molecule has 2 aliphatic rings. The van der Waals surface area contributed by atoms with Crippen LogP contribution >= 0.6 is 23.5 Å². The highest BCUT2D eigenvalue weighted by Crippen LogP contribution is 2.38. The van der Waals surface area contributed by atoms with Gasteiger partial charge in [-0.25, -0.2) is 0 Å². The van der Waals surface area contributed by atoms with E-state index < -0.39 is 0 Å². The van der Waals surface area contributed by atoms with Crippen LogP contribution in [-0.2, 0) is 0 Å². The number of imide groups is 1. The molecule has 0 aromatic heterocycles. The Labute approximate surface area is 255 Å². The monoisotopic (exact) mass is 607 g/mol. The van der Waals surface area contributed by atoms with Crippen molar-refractivity contribution >= 4 is 57.7 Å². The third-order valence-corrected chi connectivity index (χ3v) is 10.5. The van der Waals surface area contributed by atoms with Gasteiger partial charge in [0.15, 0.2) is 11.5 Å². The standard InChI is InChI=1S/C32H37N3O5S2/c1-4-41-32(42-5-2)25-14-8-15-34(25)31(38)23-18-26(39-3)27(19-24(23)33)40-17-9-16-35-29(36)21-12-6-10-20-11-7-13-22(28(20)21)30(35)37/h6-7,10-13,18-19,25,32H,4-5,8-9,14-17,33H2,1-3H3/t25-/m0/s1. The van der Waals surface area contributed by atoms with E-state index in [0.717, 1.165) is 29.7 Å². The number of hydrogen-bond acceptors (Lipinski definition) is 8. The Morgan fingerprint density at radius 1 is 1.02 bits per heavy atom. The lowest BCUT2D eigenvalue weighted by atomic mass is 9.94. The van der Waals surface area contributed by atoms with Gasteiger partial charge < -0.3 is 20.1 Å². The largest absolute Gasteiger partial charge is 0.493 e. The van der Waals surface area contributed by atoms with E-state index in [1.165, 1.54) is 12.0 Å². The maximum absolute atomic E-state index is 13.7. The summed E-state index contributed by atoms with van der Waals surface area (Å²) in [6.45, 7) is 5.45. The second kappa shape index (κ2) is 13.3. The molecule has 0 spiro atoms. The van der Waals surface area contributed by atoms with Gasteiger partial charge in [-0.05, 0) is 54.4 Å². The average Bonchev–Trinajstić information content (AvgIpc) is 3.49. The number of anilines is 1. The number of methoxy groups -OCH3 is 1. The zero-order valence-electron chi connectivity index (χ0n) is 24.3. The van der Waals surface area contributed by atoms with Crippen LogP contribution in [0, 0.1) is 0 Å². The van der Waals surface area contributed by atoms with Gasteiger partial charge in [-0.3, -0.25) is 19.3 Å². The highest BCUT2D eigenvalue weighted by atomic mass is 32.2. The fourth-order valence-electron chi connectivity index (χ4n) is 5.80. The second-order valence-corrected chi connectivity index (χ2v) is 13.4. The molecule has 3 amide bonds. The molecule has 0 saturated carbocycles. The Morgan fingerprint density at radius 3 is 2.31 bits per heavy atom. The van der Waals surface area contributed by atoms with Crippen molar-refractivity contribution in [3.8, 4) is 11.5 Å². The van der Waals surface area contributed by atoms with Crippen LogP contribution in [0.25, 0.3) is 10.8 Å². The van der Waals surface area contributed by atoms with Gasteiger partial charge >= 0.3 is 0 Å². The first-order valence-corrected chi connectivity index (χ1v) is 16.5. The Kier molecular flexibility index (Phi) is 9.53. The smallest absolute Gasteiger partial charge is 0.261 e. The molecule has 2 aliphatic heterocycles. The molecule has 0 aliphatic carbocycles. The number of nitrogen functional groups attached to an aromatic ring is 1. The van der Waals surface area contributed by atoms with E-state index >= 15 is 0 Å². The average molecular weight is 608 g/mol. The topological polar surface area (TPSA) is 102 Å². The van der Waals surface area contributed by atoms with Gasteiger partial charge in [-0.15, -0.1) is 23.5 Å². The van der Waals surface area contributed by atoms with E-state index in [-0.39, 0.29) is 36.9 Å². The minimum absolute atomic E-state index is 0.0873. The number of hydrogen-bond donors (Lipinski definition) is 1. The molecule has 8 nitrogen and oxygen atoms in total. The number of carbonyl (C=O) groups is 3. The maximum atomic E-state index is 13.7. The van der Waals surface area contributed by atoms with Crippen molar-refractivity contribution < 1.29 is 23.9 Å². The predicted molar refractivity (Wildman–Crippen MR) is 171 cm³/mol. The van der Waals surface area contributed by atoms with Crippen LogP contribution in [0.3, 0.4) is 0 Å². The van der Waals surface area contributed by atoms with Gasteiger partial charge in [0, 0.05) is 41.4 Å². The molecule has 3 aromatic rings. The minimum Gasteiger partial charge on any atom is -0.493 e. The summed E-state index contributed by atoms with van der Waals surface area (Å²) in [6, 6.07) is 14.4. The summed E-state index contributed by atoms with van der Waals surface area (Å²) in [4.78, 5) is 43.2. The fourth-order valence-corrected chi connectivity index (χ4v) is 8.67. The number of rotatable bonds is 12. The fraction of sp³-hybridized carbons (Fsp3) is 0.406. The molecule has 0 bridgehead atoms. The molecule has 1 fully saturated rings. The number of likely N-dealkylation sites (tertiary alicyclic amines) is 1. The lowest BCUT2D eigenvalue weighted by molar-refractivity contribution is 0.0602. The van der Waals surface area contributed by atoms with E-state index in [0.29, 0.717) is 56.8 Å². The maximum Gasteiger partial charge on any atom is 0.261 e. The van der Waals surface area contributed by atoms with E-state index in [1.807, 2.05) is 52.7 Å². The molecule has 2 heterocycles.